The average Bonchev–Trinajstić information content (AvgIpc) is 2.14. The largest absolute Gasteiger partial charge is 0.307 e. The van der Waals surface area contributed by atoms with E-state index < -0.39 is 0 Å². The van der Waals surface area contributed by atoms with Gasteiger partial charge in [-0.1, -0.05) is 9.45 Å². The van der Waals surface area contributed by atoms with Gasteiger partial charge < -0.3 is 5.32 Å². The van der Waals surface area contributed by atoms with E-state index in [4.69, 9.17) is 0 Å². The summed E-state index contributed by atoms with van der Waals surface area (Å²) in [5.74, 6) is 2.02. The van der Waals surface area contributed by atoms with Gasteiger partial charge in [-0.15, -0.1) is 0 Å². The molecule has 1 saturated heterocycles. The van der Waals surface area contributed by atoms with Crippen LogP contribution in [0.5, 0.6) is 0 Å². The fourth-order valence-corrected chi connectivity index (χ4v) is 2.36. The van der Waals surface area contributed by atoms with Crippen molar-refractivity contribution in [3.05, 3.63) is 0 Å². The molecule has 0 bridgehead atoms. The first-order valence-electron chi connectivity index (χ1n) is 2.12. The lowest BCUT2D eigenvalue weighted by molar-refractivity contribution is 0.701. The van der Waals surface area contributed by atoms with Gasteiger partial charge in [0.2, 0.25) is 0 Å². The van der Waals surface area contributed by atoms with Crippen LogP contribution in [-0.4, -0.2) is 22.4 Å². The van der Waals surface area contributed by atoms with Crippen LogP contribution in [0.3, 0.4) is 0 Å². The summed E-state index contributed by atoms with van der Waals surface area (Å²) in [5.41, 5.74) is 0. The number of hydrogen-bond acceptors (Lipinski definition) is 2. The molecule has 1 unspecified atom stereocenters. The molecular formula is C3H7NOS2. The maximum Gasteiger partial charge on any atom is 0.121 e. The monoisotopic (exact) mass is 137 g/mol. The molecule has 0 spiro atoms. The van der Waals surface area contributed by atoms with Gasteiger partial charge in [0.1, 0.15) is 10.2 Å². The summed E-state index contributed by atoms with van der Waals surface area (Å²) in [7, 11) is 0.863. The summed E-state index contributed by atoms with van der Waals surface area (Å²) in [5, 5.41) is 3.11. The van der Waals surface area contributed by atoms with Gasteiger partial charge in [-0.05, 0) is 0 Å². The molecule has 2 nitrogen and oxygen atoms in total. The Balaban J connectivity index is 2.57. The Hall–Kier alpha value is 0.330. The molecule has 0 amide bonds. The van der Waals surface area contributed by atoms with Crippen LogP contribution >= 0.6 is 0 Å². The van der Waals surface area contributed by atoms with E-state index in [1.807, 2.05) is 0 Å². The van der Waals surface area contributed by atoms with E-state index in [2.05, 4.69) is 5.32 Å². The maximum absolute atomic E-state index is 10.0. The summed E-state index contributed by atoms with van der Waals surface area (Å²) >= 11 is 0. The minimum absolute atomic E-state index is 0.116. The smallest absolute Gasteiger partial charge is 0.121 e. The van der Waals surface area contributed by atoms with Crippen molar-refractivity contribution in [1.29, 1.82) is 0 Å². The minimum Gasteiger partial charge on any atom is -0.307 e. The van der Waals surface area contributed by atoms with Crippen LogP contribution < -0.4 is 5.32 Å². The van der Waals surface area contributed by atoms with Crippen molar-refractivity contribution in [1.82, 2.24) is 5.32 Å². The van der Waals surface area contributed by atoms with Crippen LogP contribution in [0.1, 0.15) is 0 Å². The molecule has 0 aromatic carbocycles. The third kappa shape index (κ3) is 1.36. The van der Waals surface area contributed by atoms with Crippen LogP contribution in [0.25, 0.3) is 0 Å². The molecule has 0 aliphatic carbocycles. The van der Waals surface area contributed by atoms with Gasteiger partial charge in [-0.2, -0.15) is 0 Å². The van der Waals surface area contributed by atoms with Crippen molar-refractivity contribution in [2.24, 2.45) is 0 Å². The highest BCUT2D eigenvalue weighted by atomic mass is 32.8. The molecule has 1 atom stereocenters. The Labute approximate surface area is 48.0 Å². The molecule has 1 N–H and O–H groups in total. The summed E-state index contributed by atoms with van der Waals surface area (Å²) in [4.78, 5) is 0. The molecule has 7 heavy (non-hydrogen) atoms. The van der Waals surface area contributed by atoms with Gasteiger partial charge >= 0.3 is 0 Å². The SMILES string of the molecule is O=S=S1CCNC1. The van der Waals surface area contributed by atoms with Gasteiger partial charge in [0.25, 0.3) is 0 Å². The van der Waals surface area contributed by atoms with E-state index in [-0.39, 0.29) is 9.45 Å². The Kier molecular flexibility index (Phi) is 2.02. The second-order valence-electron chi connectivity index (χ2n) is 1.36. The first-order valence-corrected chi connectivity index (χ1v) is 4.94. The van der Waals surface area contributed by atoms with Crippen LogP contribution in [0.15, 0.2) is 0 Å². The molecule has 0 aromatic heterocycles. The molecule has 1 aliphatic rings. The predicted octanol–water partition coefficient (Wildman–Crippen LogP) is -0.707. The standard InChI is InChI=1S/C3H7NOS2/c5-6-7-2-1-4-3-7/h4H,1-3H2. The van der Waals surface area contributed by atoms with Gasteiger partial charge in [0, 0.05) is 18.2 Å². The zero-order valence-corrected chi connectivity index (χ0v) is 5.48. The van der Waals surface area contributed by atoms with Crippen molar-refractivity contribution < 1.29 is 4.21 Å². The molecule has 1 aliphatic heterocycles. The van der Waals surface area contributed by atoms with Crippen LogP contribution in [0.2, 0.25) is 0 Å². The lowest BCUT2D eigenvalue weighted by atomic mass is 10.8. The minimum atomic E-state index is 0.116. The van der Waals surface area contributed by atoms with Gasteiger partial charge in [0.05, 0.1) is 0 Å². The molecule has 0 radical (unpaired) electrons. The summed E-state index contributed by atoms with van der Waals surface area (Å²) in [6.45, 7) is 1.04. The summed E-state index contributed by atoms with van der Waals surface area (Å²) in [6.07, 6.45) is 0. The van der Waals surface area contributed by atoms with E-state index in [0.717, 1.165) is 28.4 Å². The molecule has 1 heterocycles. The molecule has 1 fully saturated rings. The highest BCUT2D eigenvalue weighted by Gasteiger charge is 2.02. The third-order valence-corrected chi connectivity index (χ3v) is 3.67. The molecule has 42 valence electrons. The van der Waals surface area contributed by atoms with Crippen molar-refractivity contribution in [2.75, 3.05) is 18.2 Å². The third-order valence-electron chi connectivity index (χ3n) is 0.866. The van der Waals surface area contributed by atoms with Crippen molar-refractivity contribution in [3.8, 4) is 0 Å². The van der Waals surface area contributed by atoms with E-state index in [9.17, 15) is 4.21 Å². The lowest BCUT2D eigenvalue weighted by Crippen LogP contribution is -2.05. The summed E-state index contributed by atoms with van der Waals surface area (Å²) < 4.78 is 10.0. The molecule has 0 aromatic rings. The topological polar surface area (TPSA) is 29.1 Å². The second-order valence-corrected chi connectivity index (χ2v) is 4.89. The fourth-order valence-electron chi connectivity index (χ4n) is 0.502. The van der Waals surface area contributed by atoms with Gasteiger partial charge in [-0.25, -0.2) is 4.21 Å². The number of hydrogen-bond donors (Lipinski definition) is 1. The van der Waals surface area contributed by atoms with Crippen LogP contribution in [0.4, 0.5) is 0 Å². The zero-order chi connectivity index (χ0) is 5.11. The van der Waals surface area contributed by atoms with Crippen molar-refractivity contribution in [2.45, 2.75) is 0 Å². The van der Waals surface area contributed by atoms with E-state index >= 15 is 0 Å². The second kappa shape index (κ2) is 2.59. The Morgan fingerprint density at radius 2 is 2.57 bits per heavy atom. The summed E-state index contributed by atoms with van der Waals surface area (Å²) in [6, 6.07) is 0. The Morgan fingerprint density at radius 1 is 1.71 bits per heavy atom. The lowest BCUT2D eigenvalue weighted by Gasteiger charge is -1.80. The molecule has 4 heteroatoms. The maximum atomic E-state index is 10.0. The van der Waals surface area contributed by atoms with E-state index in [1.54, 1.807) is 0 Å². The normalized spacial score (nSPS) is 30.6. The molecule has 1 rings (SSSR count). The van der Waals surface area contributed by atoms with E-state index in [1.165, 1.54) is 0 Å². The van der Waals surface area contributed by atoms with Crippen LogP contribution in [0, 0.1) is 0 Å². The number of rotatable bonds is 0. The zero-order valence-electron chi connectivity index (χ0n) is 3.85. The first kappa shape index (κ1) is 5.47. The average molecular weight is 137 g/mol. The highest BCUT2D eigenvalue weighted by Crippen LogP contribution is 1.86. The van der Waals surface area contributed by atoms with E-state index in [0.29, 0.717) is 0 Å². The Bertz CT molecular complexity index is 110. The van der Waals surface area contributed by atoms with Gasteiger partial charge in [-0.3, -0.25) is 0 Å². The fraction of sp³-hybridized carbons (Fsp3) is 1.00. The van der Waals surface area contributed by atoms with Gasteiger partial charge in [0.15, 0.2) is 0 Å². The predicted molar refractivity (Wildman–Crippen MR) is 33.2 cm³/mol. The Morgan fingerprint density at radius 3 is 2.86 bits per heavy atom. The highest BCUT2D eigenvalue weighted by molar-refractivity contribution is 8.31. The van der Waals surface area contributed by atoms with Crippen LogP contribution in [-0.2, 0) is 19.7 Å². The molecule has 0 saturated carbocycles. The molecular weight excluding hydrogens is 130 g/mol. The quantitative estimate of drug-likeness (QED) is 0.478. The number of nitrogens with one attached hydrogen (secondary N) is 1. The first-order chi connectivity index (χ1) is 3.43. The van der Waals surface area contributed by atoms with Crippen molar-refractivity contribution >= 4 is 19.7 Å². The van der Waals surface area contributed by atoms with Crippen molar-refractivity contribution in [3.63, 3.8) is 0 Å².